The number of urea groups is 2. The lowest BCUT2D eigenvalue weighted by molar-refractivity contribution is -0.142. The van der Waals surface area contributed by atoms with Gasteiger partial charge in [0, 0.05) is 131 Å². The van der Waals surface area contributed by atoms with Crippen LogP contribution in [0, 0.1) is 3.57 Å². The van der Waals surface area contributed by atoms with Crippen molar-refractivity contribution in [2.45, 2.75) is 165 Å². The van der Waals surface area contributed by atoms with Gasteiger partial charge in [0.05, 0.1) is 90.4 Å². The van der Waals surface area contributed by atoms with Crippen molar-refractivity contribution in [3.05, 3.63) is 93.7 Å². The fourth-order valence-electron chi connectivity index (χ4n) is 13.3. The van der Waals surface area contributed by atoms with Gasteiger partial charge in [-0.25, -0.2) is 28.7 Å². The van der Waals surface area contributed by atoms with E-state index in [1.165, 1.54) is 0 Å². The van der Waals surface area contributed by atoms with Gasteiger partial charge < -0.3 is 113 Å². The molecule has 4 aromatic rings. The van der Waals surface area contributed by atoms with Gasteiger partial charge in [0.2, 0.25) is 23.6 Å². The molecule has 18 N–H and O–H groups in total. The third kappa shape index (κ3) is 47.8. The number of hydrogen-bond acceptors (Lipinski definition) is 25. The minimum atomic E-state index is -1.55. The number of benzene rings is 3. The number of ether oxygens (including phenoxy) is 4. The maximum Gasteiger partial charge on any atom is 0.326 e. The van der Waals surface area contributed by atoms with E-state index in [0.717, 1.165) is 21.1 Å². The molecule has 708 valence electrons. The Hall–Kier alpha value is -10.9. The van der Waals surface area contributed by atoms with Gasteiger partial charge in [-0.3, -0.25) is 62.8 Å². The molecule has 0 aliphatic carbocycles. The molecule has 5 rings (SSSR count). The van der Waals surface area contributed by atoms with Gasteiger partial charge in [-0.15, -0.1) is 5.10 Å². The maximum atomic E-state index is 13.8. The van der Waals surface area contributed by atoms with E-state index < -0.39 is 134 Å². The predicted octanol–water partition coefficient (Wildman–Crippen LogP) is 2.64. The standard InChI is InChI=1S/C83H122IN17O26S/c1-56(127-45-40-101-68(50-89-96-101)59-11-9-12-62(49-59)90-81(122)87-31-6-4-15-66(79(118)119)94-82(123)95-67(80(120)121)25-26-72(105)106)27-41-124-42-28-70(103)92-64(77(115)86-33-44-126-47-46-125-43-29-71(104)93-65(78(116)117)14-3-5-30-85-69(102)16-8-10-57-17-21-60(84)22-18-57)13-2-7-32-88-83(128)91-61-23-19-58(20-24-61)48-63-51-99(54-75(111)112)37-36-97(52-73(107)108)34-35-98(53-74(109)110)38-39-100(63)55-76(113)114/h9,11-12,17-24,49-50,56,63-67H,2-8,10,13-16,25-48,51-55H2,1H3,(H,85,102)(H,86,115)(H,92,103)(H,93,104)(H,105,106)(H,107,108)(H,109,110)(H,111,112)(H,113,114)(H,116,117)(H,118,119)(H,120,121)(H2,87,90,122)(H2,88,91,128)(H2,94,95,123)/t56?,63?,64-,65-,66-,67-/m0/s1. The highest BCUT2D eigenvalue weighted by atomic mass is 127. The fraction of sp³-hybridized carbons (Fsp3) is 0.578. The van der Waals surface area contributed by atoms with Gasteiger partial charge >= 0.3 is 59.8 Å². The van der Waals surface area contributed by atoms with Crippen LogP contribution in [-0.4, -0.2) is 345 Å². The zero-order valence-electron chi connectivity index (χ0n) is 71.8. The first-order valence-corrected chi connectivity index (χ1v) is 43.9. The van der Waals surface area contributed by atoms with Crippen LogP contribution < -0.4 is 53.2 Å². The van der Waals surface area contributed by atoms with Crippen molar-refractivity contribution in [3.63, 3.8) is 0 Å². The highest BCUT2D eigenvalue weighted by Crippen LogP contribution is 2.23. The summed E-state index contributed by atoms with van der Waals surface area (Å²) in [6, 6.07) is 14.9. The number of nitrogens with zero attached hydrogens (tertiary/aromatic N) is 7. The van der Waals surface area contributed by atoms with E-state index in [1.807, 2.05) is 43.3 Å². The van der Waals surface area contributed by atoms with E-state index in [-0.39, 0.29) is 180 Å². The molecule has 2 heterocycles. The number of hydrogen-bond donors (Lipinski definition) is 18. The molecular formula is C83H122IN17O26S. The molecule has 3 aromatic carbocycles. The Morgan fingerprint density at radius 1 is 0.469 bits per heavy atom. The average molecular weight is 1930 g/mol. The molecule has 2 unspecified atom stereocenters. The Bertz CT molecular complexity index is 4180. The number of carboxylic acids is 8. The molecule has 1 saturated heterocycles. The van der Waals surface area contributed by atoms with Gasteiger partial charge in [-0.1, -0.05) is 41.6 Å². The van der Waals surface area contributed by atoms with Gasteiger partial charge in [-0.05, 0) is 179 Å². The first kappa shape index (κ1) is 108. The van der Waals surface area contributed by atoms with Crippen molar-refractivity contribution in [1.29, 1.82) is 0 Å². The lowest BCUT2D eigenvalue weighted by Gasteiger charge is -2.37. The molecule has 0 saturated carbocycles. The van der Waals surface area contributed by atoms with Crippen LogP contribution in [0.5, 0.6) is 0 Å². The molecule has 0 spiro atoms. The zero-order valence-corrected chi connectivity index (χ0v) is 74.8. The zero-order chi connectivity index (χ0) is 93.6. The second kappa shape index (κ2) is 61.5. The summed E-state index contributed by atoms with van der Waals surface area (Å²) in [6.45, 7) is 3.27. The monoisotopic (exact) mass is 1930 g/mol. The minimum Gasteiger partial charge on any atom is -0.481 e. The summed E-state index contributed by atoms with van der Waals surface area (Å²) < 4.78 is 25.9. The second-order valence-electron chi connectivity index (χ2n) is 30.4. The average Bonchev–Trinajstić information content (AvgIpc) is 1.67. The van der Waals surface area contributed by atoms with Crippen molar-refractivity contribution < 1.29 is 127 Å². The Morgan fingerprint density at radius 3 is 1.60 bits per heavy atom. The van der Waals surface area contributed by atoms with Crippen LogP contribution in [0.2, 0.25) is 0 Å². The first-order chi connectivity index (χ1) is 61.3. The molecule has 6 atom stereocenters. The minimum absolute atomic E-state index is 0.0147. The molecule has 0 bridgehead atoms. The Labute approximate surface area is 760 Å². The van der Waals surface area contributed by atoms with Gasteiger partial charge in [0.15, 0.2) is 5.11 Å². The van der Waals surface area contributed by atoms with Crippen molar-refractivity contribution in [2.75, 3.05) is 155 Å². The fourth-order valence-corrected chi connectivity index (χ4v) is 13.9. The summed E-state index contributed by atoms with van der Waals surface area (Å²) >= 11 is 7.87. The number of aliphatic carboxylic acids is 8. The molecule has 128 heavy (non-hydrogen) atoms. The highest BCUT2D eigenvalue weighted by molar-refractivity contribution is 14.1. The van der Waals surface area contributed by atoms with Crippen molar-refractivity contribution in [3.8, 4) is 11.3 Å². The van der Waals surface area contributed by atoms with Gasteiger partial charge in [0.25, 0.3) is 0 Å². The lowest BCUT2D eigenvalue weighted by atomic mass is 10.0. The summed E-state index contributed by atoms with van der Waals surface area (Å²) in [5.74, 6) is -11.3. The summed E-state index contributed by atoms with van der Waals surface area (Å²) in [6.07, 6.45) is 5.55. The predicted molar refractivity (Wildman–Crippen MR) is 476 cm³/mol. The number of halogens is 1. The van der Waals surface area contributed by atoms with Gasteiger partial charge in [0.1, 0.15) is 24.2 Å². The van der Waals surface area contributed by atoms with E-state index in [9.17, 15) is 103 Å². The van der Waals surface area contributed by atoms with E-state index in [1.54, 1.807) is 66.9 Å². The quantitative estimate of drug-likeness (QED) is 0.0172. The normalized spacial score (nSPS) is 14.7. The number of aromatic nitrogens is 3. The third-order valence-corrected chi connectivity index (χ3v) is 21.1. The van der Waals surface area contributed by atoms with E-state index in [2.05, 4.69) is 86.1 Å². The SMILES string of the molecule is CC(CCOCCC(=O)N[C@@H](CCCCNC(=S)Nc1ccc(CC2CN(CC(=O)O)CCN(CC(=O)O)CCN(CC(=O)O)CCN2CC(=O)O)cc1)C(=O)NCCOCCOCCC(=O)N[C@@H](CCCCNC(=O)CCCc1ccc(I)cc1)C(=O)O)OCCn1nncc1-c1cccc(NC(=O)NCCCC[C@H](NC(=O)N[C@@H](CCC(=O)O)C(=O)O)C(=O)O)c1. The second-order valence-corrected chi connectivity index (χ2v) is 32.1. The number of anilines is 2. The highest BCUT2D eigenvalue weighted by Gasteiger charge is 2.30. The summed E-state index contributed by atoms with van der Waals surface area (Å²) in [4.78, 5) is 178. The van der Waals surface area contributed by atoms with Crippen LogP contribution in [0.25, 0.3) is 11.3 Å². The molecule has 1 aliphatic rings. The smallest absolute Gasteiger partial charge is 0.326 e. The number of nitrogens with one attached hydrogen (secondary N) is 10. The number of carboxylic acid groups (broad SMARTS) is 8. The van der Waals surface area contributed by atoms with Crippen molar-refractivity contribution >= 4 is 135 Å². The van der Waals surface area contributed by atoms with Crippen LogP contribution >= 0.6 is 34.8 Å². The number of carbonyl (C=O) groups excluding carboxylic acids is 6. The summed E-state index contributed by atoms with van der Waals surface area (Å²) in [5.41, 5.74) is 4.25. The number of amides is 8. The molecule has 43 nitrogen and oxygen atoms in total. The van der Waals surface area contributed by atoms with Crippen LogP contribution in [0.15, 0.2) is 79.0 Å². The van der Waals surface area contributed by atoms with Gasteiger partial charge in [-0.2, -0.15) is 0 Å². The lowest BCUT2D eigenvalue weighted by Crippen LogP contribution is -2.53. The number of unbranched alkanes of at least 4 members (excludes halogenated alkanes) is 3. The summed E-state index contributed by atoms with van der Waals surface area (Å²) in [7, 11) is 0. The third-order valence-electron chi connectivity index (χ3n) is 20.1. The molecule has 1 fully saturated rings. The van der Waals surface area contributed by atoms with E-state index in [4.69, 9.17) is 36.3 Å². The van der Waals surface area contributed by atoms with E-state index in [0.29, 0.717) is 93.6 Å². The molecular weight excluding hydrogens is 1810 g/mol. The largest absolute Gasteiger partial charge is 0.481 e. The number of rotatable bonds is 62. The van der Waals surface area contributed by atoms with Crippen molar-refractivity contribution in [2.24, 2.45) is 0 Å². The Kier molecular flexibility index (Phi) is 51.7. The van der Waals surface area contributed by atoms with Crippen LogP contribution in [0.3, 0.4) is 0 Å². The van der Waals surface area contributed by atoms with Crippen molar-refractivity contribution in [1.82, 2.24) is 77.1 Å². The molecule has 8 amide bonds. The van der Waals surface area contributed by atoms with Crippen LogP contribution in [0.1, 0.15) is 121 Å². The number of aryl methyl sites for hydroxylation is 1. The topological polar surface area (TPSA) is 602 Å². The number of thiocarbonyl (C=S) groups is 1. The first-order valence-electron chi connectivity index (χ1n) is 42.4. The molecule has 45 heteroatoms. The van der Waals surface area contributed by atoms with E-state index >= 15 is 0 Å². The van der Waals surface area contributed by atoms with Crippen LogP contribution in [0.4, 0.5) is 21.0 Å². The number of carbonyl (C=O) groups is 14. The molecule has 1 aromatic heterocycles. The Morgan fingerprint density at radius 2 is 1.00 bits per heavy atom. The Balaban J connectivity index is 1.07. The maximum absolute atomic E-state index is 13.8. The van der Waals surface area contributed by atoms with Crippen LogP contribution in [-0.2, 0) is 95.9 Å². The molecule has 1 aliphatic heterocycles. The molecule has 0 radical (unpaired) electrons. The summed E-state index contributed by atoms with van der Waals surface area (Å²) in [5, 5.41) is 112.